The number of hydrogen-bond acceptors (Lipinski definition) is 4. The van der Waals surface area contributed by atoms with Crippen LogP contribution in [0.1, 0.15) is 61.1 Å². The van der Waals surface area contributed by atoms with E-state index in [1.165, 1.54) is 29.5 Å². The molecule has 5 heteroatoms. The third-order valence-electron chi connectivity index (χ3n) is 7.22. The van der Waals surface area contributed by atoms with Crippen LogP contribution in [-0.4, -0.2) is 37.6 Å². The molecule has 0 bridgehead atoms. The van der Waals surface area contributed by atoms with Crippen LogP contribution in [0.4, 0.5) is 0 Å². The monoisotopic (exact) mass is 406 g/mol. The molecule has 0 unspecified atom stereocenters. The molecule has 2 aliphatic rings. The average Bonchev–Trinajstić information content (AvgIpc) is 3.27. The van der Waals surface area contributed by atoms with Crippen LogP contribution < -0.4 is 0 Å². The molecule has 0 amide bonds. The summed E-state index contributed by atoms with van der Waals surface area (Å²) < 4.78 is 8.27. The van der Waals surface area contributed by atoms with Gasteiger partial charge in [-0.25, -0.2) is 4.98 Å². The summed E-state index contributed by atoms with van der Waals surface area (Å²) >= 11 is 0. The maximum Gasteiger partial charge on any atom is 0.164 e. The van der Waals surface area contributed by atoms with Gasteiger partial charge in [-0.1, -0.05) is 25.1 Å². The van der Waals surface area contributed by atoms with Crippen molar-refractivity contribution < 1.29 is 14.9 Å². The fourth-order valence-corrected chi connectivity index (χ4v) is 5.46. The summed E-state index contributed by atoms with van der Waals surface area (Å²) in [6.07, 6.45) is 6.02. The summed E-state index contributed by atoms with van der Waals surface area (Å²) in [6, 6.07) is 10.4. The van der Waals surface area contributed by atoms with Gasteiger partial charge in [0.2, 0.25) is 0 Å². The van der Waals surface area contributed by atoms with Crippen LogP contribution in [0.5, 0.6) is 0 Å². The zero-order valence-electron chi connectivity index (χ0n) is 17.9. The van der Waals surface area contributed by atoms with Crippen LogP contribution in [0.2, 0.25) is 0 Å². The molecular weight excluding hydrogens is 376 g/mol. The lowest BCUT2D eigenvalue weighted by atomic mass is 9.78. The van der Waals surface area contributed by atoms with Crippen molar-refractivity contribution in [1.82, 2.24) is 9.55 Å². The lowest BCUT2D eigenvalue weighted by Crippen LogP contribution is -2.46. The molecule has 0 saturated carbocycles. The lowest BCUT2D eigenvalue weighted by Gasteiger charge is -2.32. The standard InChI is InChI=1S/C25H30N2O3/c1-15-11-13-26-23-18(15)12-14-27(23)24-21(28)25(3,29)22(30-24)16(2)19-10-6-8-17-7-4-5-9-20(17)19/h6,8,10-14,16,21-22,24,28-29H,4-5,7,9H2,1-3H3/t16-,21-,22+,24+,25-/m0/s1. The molecule has 2 aromatic heterocycles. The summed E-state index contributed by atoms with van der Waals surface area (Å²) in [6.45, 7) is 5.84. The van der Waals surface area contributed by atoms with Crippen molar-refractivity contribution in [3.8, 4) is 0 Å². The minimum atomic E-state index is -1.37. The Morgan fingerprint density at radius 2 is 2.00 bits per heavy atom. The van der Waals surface area contributed by atoms with Gasteiger partial charge in [0.25, 0.3) is 0 Å². The number of aromatic nitrogens is 2. The highest BCUT2D eigenvalue weighted by molar-refractivity contribution is 5.79. The SMILES string of the molecule is Cc1ccnc2c1ccn2[C@@H]1O[C@H]([C@@H](C)c2cccc3c2CCCC3)[C@@](C)(O)[C@H]1O. The molecule has 5 nitrogen and oxygen atoms in total. The minimum Gasteiger partial charge on any atom is -0.385 e. The molecule has 1 aliphatic heterocycles. The predicted molar refractivity (Wildman–Crippen MR) is 117 cm³/mol. The highest BCUT2D eigenvalue weighted by atomic mass is 16.6. The Hall–Kier alpha value is -2.21. The highest BCUT2D eigenvalue weighted by Gasteiger charge is 2.55. The van der Waals surface area contributed by atoms with Gasteiger partial charge in [-0.05, 0) is 73.9 Å². The molecule has 5 rings (SSSR count). The molecule has 30 heavy (non-hydrogen) atoms. The van der Waals surface area contributed by atoms with Gasteiger partial charge in [0.1, 0.15) is 17.4 Å². The Bertz CT molecular complexity index is 1090. The minimum absolute atomic E-state index is 0.0378. The highest BCUT2D eigenvalue weighted by Crippen LogP contribution is 2.45. The van der Waals surface area contributed by atoms with E-state index in [1.807, 2.05) is 29.8 Å². The van der Waals surface area contributed by atoms with Gasteiger partial charge < -0.3 is 19.5 Å². The van der Waals surface area contributed by atoms with E-state index >= 15 is 0 Å². The summed E-state index contributed by atoms with van der Waals surface area (Å²) in [5, 5.41) is 23.5. The van der Waals surface area contributed by atoms with E-state index in [0.29, 0.717) is 0 Å². The van der Waals surface area contributed by atoms with E-state index < -0.39 is 24.0 Å². The molecule has 1 aromatic carbocycles. The first kappa shape index (κ1) is 19.7. The summed E-state index contributed by atoms with van der Waals surface area (Å²) in [5.74, 6) is -0.0378. The quantitative estimate of drug-likeness (QED) is 0.689. The zero-order valence-corrected chi connectivity index (χ0v) is 17.9. The van der Waals surface area contributed by atoms with E-state index in [2.05, 4.69) is 30.1 Å². The van der Waals surface area contributed by atoms with Crippen molar-refractivity contribution in [3.05, 3.63) is 65.0 Å². The zero-order chi connectivity index (χ0) is 21.0. The predicted octanol–water partition coefficient (Wildman–Crippen LogP) is 4.04. The van der Waals surface area contributed by atoms with Gasteiger partial charge in [-0.2, -0.15) is 0 Å². The van der Waals surface area contributed by atoms with Crippen LogP contribution in [0.15, 0.2) is 42.7 Å². The third kappa shape index (κ3) is 2.91. The van der Waals surface area contributed by atoms with Crippen molar-refractivity contribution in [1.29, 1.82) is 0 Å². The van der Waals surface area contributed by atoms with Crippen molar-refractivity contribution >= 4 is 11.0 Å². The van der Waals surface area contributed by atoms with E-state index in [0.717, 1.165) is 29.4 Å². The first-order valence-corrected chi connectivity index (χ1v) is 11.0. The molecule has 158 valence electrons. The number of pyridine rings is 1. The molecule has 3 heterocycles. The first-order valence-electron chi connectivity index (χ1n) is 11.0. The van der Waals surface area contributed by atoms with Gasteiger partial charge >= 0.3 is 0 Å². The normalized spacial score (nSPS) is 29.8. The second kappa shape index (κ2) is 7.19. The van der Waals surface area contributed by atoms with E-state index in [4.69, 9.17) is 4.74 Å². The van der Waals surface area contributed by atoms with Crippen LogP contribution in [0, 0.1) is 6.92 Å². The second-order valence-corrected chi connectivity index (χ2v) is 9.19. The van der Waals surface area contributed by atoms with Gasteiger partial charge in [0.05, 0.1) is 6.10 Å². The second-order valence-electron chi connectivity index (χ2n) is 9.19. The molecule has 1 saturated heterocycles. The number of ether oxygens (including phenoxy) is 1. The van der Waals surface area contributed by atoms with Crippen molar-refractivity contribution in [2.45, 2.75) is 76.4 Å². The summed E-state index contributed by atoms with van der Waals surface area (Å²) in [7, 11) is 0. The fourth-order valence-electron chi connectivity index (χ4n) is 5.46. The molecule has 5 atom stereocenters. The molecule has 2 N–H and O–H groups in total. The lowest BCUT2D eigenvalue weighted by molar-refractivity contribution is -0.0705. The average molecular weight is 407 g/mol. The first-order chi connectivity index (χ1) is 14.4. The molecule has 0 spiro atoms. The maximum absolute atomic E-state index is 11.3. The third-order valence-corrected chi connectivity index (χ3v) is 7.22. The van der Waals surface area contributed by atoms with E-state index in [9.17, 15) is 10.2 Å². The number of aryl methyl sites for hydroxylation is 2. The van der Waals surface area contributed by atoms with E-state index in [1.54, 1.807) is 13.1 Å². The fraction of sp³-hybridized carbons (Fsp3) is 0.480. The van der Waals surface area contributed by atoms with Gasteiger partial charge in [-0.3, -0.25) is 0 Å². The summed E-state index contributed by atoms with van der Waals surface area (Å²) in [5.41, 5.74) is 4.56. The largest absolute Gasteiger partial charge is 0.385 e. The Morgan fingerprint density at radius 3 is 2.83 bits per heavy atom. The number of benzene rings is 1. The smallest absolute Gasteiger partial charge is 0.164 e. The molecule has 1 fully saturated rings. The van der Waals surface area contributed by atoms with Crippen LogP contribution >= 0.6 is 0 Å². The topological polar surface area (TPSA) is 67.5 Å². The molecule has 3 aromatic rings. The number of rotatable bonds is 3. The van der Waals surface area contributed by atoms with Crippen molar-refractivity contribution in [2.75, 3.05) is 0 Å². The van der Waals surface area contributed by atoms with Gasteiger partial charge in [0.15, 0.2) is 6.23 Å². The van der Waals surface area contributed by atoms with Crippen LogP contribution in [0.25, 0.3) is 11.0 Å². The number of aliphatic hydroxyl groups excluding tert-OH is 1. The Kier molecular flexibility index (Phi) is 4.73. The Morgan fingerprint density at radius 1 is 1.20 bits per heavy atom. The van der Waals surface area contributed by atoms with Gasteiger partial charge in [-0.15, -0.1) is 0 Å². The Balaban J connectivity index is 1.52. The van der Waals surface area contributed by atoms with Gasteiger partial charge in [0, 0.05) is 23.7 Å². The van der Waals surface area contributed by atoms with E-state index in [-0.39, 0.29) is 5.92 Å². The summed E-state index contributed by atoms with van der Waals surface area (Å²) in [4.78, 5) is 4.50. The maximum atomic E-state index is 11.3. The number of fused-ring (bicyclic) bond motifs is 2. The number of hydrogen-bond donors (Lipinski definition) is 2. The van der Waals surface area contributed by atoms with Crippen molar-refractivity contribution in [2.24, 2.45) is 0 Å². The Labute approximate surface area is 177 Å². The molecular formula is C25H30N2O3. The van der Waals surface area contributed by atoms with Crippen LogP contribution in [-0.2, 0) is 17.6 Å². The number of aliphatic hydroxyl groups is 2. The molecule has 1 aliphatic carbocycles. The van der Waals surface area contributed by atoms with Crippen molar-refractivity contribution in [3.63, 3.8) is 0 Å². The van der Waals surface area contributed by atoms with Crippen LogP contribution in [0.3, 0.4) is 0 Å². The molecule has 0 radical (unpaired) electrons. The number of nitrogens with zero attached hydrogens (tertiary/aromatic N) is 2.